The summed E-state index contributed by atoms with van der Waals surface area (Å²) < 4.78 is 27.0. The van der Waals surface area contributed by atoms with Crippen LogP contribution in [0, 0.1) is 11.3 Å². The Morgan fingerprint density at radius 1 is 1.04 bits per heavy atom. The monoisotopic (exact) mass is 423 g/mol. The fraction of sp³-hybridized carbons (Fsp3) is 0.222. The van der Waals surface area contributed by atoms with Crippen LogP contribution in [-0.4, -0.2) is 49.7 Å². The van der Waals surface area contributed by atoms with Gasteiger partial charge < -0.3 is 4.90 Å². The van der Waals surface area contributed by atoms with E-state index in [4.69, 9.17) is 28.5 Å². The number of piperazine rings is 1. The number of halogens is 2. The Labute approximate surface area is 167 Å². The third kappa shape index (κ3) is 4.09. The molecule has 0 atom stereocenters. The second-order valence-electron chi connectivity index (χ2n) is 5.96. The lowest BCUT2D eigenvalue weighted by molar-refractivity contribution is 0.0698. The summed E-state index contributed by atoms with van der Waals surface area (Å²) in [6.07, 6.45) is 0. The molecule has 1 aliphatic heterocycles. The first-order chi connectivity index (χ1) is 12.8. The van der Waals surface area contributed by atoms with Gasteiger partial charge in [-0.05, 0) is 36.4 Å². The summed E-state index contributed by atoms with van der Waals surface area (Å²) in [7, 11) is -3.80. The molecule has 0 bridgehead atoms. The van der Waals surface area contributed by atoms with E-state index in [2.05, 4.69) is 0 Å². The van der Waals surface area contributed by atoms with Crippen molar-refractivity contribution in [3.05, 3.63) is 63.6 Å². The standard InChI is InChI=1S/C18H15Cl2N3O3S/c19-15-4-5-16(20)17(11-15)27(25,26)23-8-6-22(7-9-23)18(24)14-3-1-2-13(10-14)12-21/h1-5,10-11H,6-9H2. The number of amides is 1. The fourth-order valence-electron chi connectivity index (χ4n) is 2.85. The summed E-state index contributed by atoms with van der Waals surface area (Å²) in [6, 6.07) is 12.7. The molecule has 0 radical (unpaired) electrons. The van der Waals surface area contributed by atoms with Crippen molar-refractivity contribution in [3.63, 3.8) is 0 Å². The lowest BCUT2D eigenvalue weighted by Crippen LogP contribution is -2.50. The van der Waals surface area contributed by atoms with Crippen LogP contribution in [0.15, 0.2) is 47.4 Å². The van der Waals surface area contributed by atoms with E-state index in [1.807, 2.05) is 6.07 Å². The molecular weight excluding hydrogens is 409 g/mol. The maximum absolute atomic E-state index is 12.8. The first-order valence-corrected chi connectivity index (χ1v) is 10.3. The van der Waals surface area contributed by atoms with Crippen molar-refractivity contribution in [2.45, 2.75) is 4.90 Å². The molecule has 6 nitrogen and oxygen atoms in total. The Morgan fingerprint density at radius 3 is 2.41 bits per heavy atom. The summed E-state index contributed by atoms with van der Waals surface area (Å²) in [5, 5.41) is 9.34. The third-order valence-electron chi connectivity index (χ3n) is 4.28. The molecule has 1 aliphatic rings. The second-order valence-corrected chi connectivity index (χ2v) is 8.71. The summed E-state index contributed by atoms with van der Waals surface area (Å²) in [4.78, 5) is 14.1. The van der Waals surface area contributed by atoms with Gasteiger partial charge >= 0.3 is 0 Å². The van der Waals surface area contributed by atoms with Gasteiger partial charge in [0.05, 0.1) is 16.7 Å². The van der Waals surface area contributed by atoms with E-state index in [0.29, 0.717) is 11.1 Å². The number of hydrogen-bond donors (Lipinski definition) is 0. The quantitative estimate of drug-likeness (QED) is 0.759. The number of carbonyl (C=O) groups excluding carboxylic acids is 1. The number of nitriles is 1. The van der Waals surface area contributed by atoms with Crippen LogP contribution in [-0.2, 0) is 10.0 Å². The molecule has 9 heteroatoms. The minimum Gasteiger partial charge on any atom is -0.336 e. The summed E-state index contributed by atoms with van der Waals surface area (Å²) in [5.41, 5.74) is 0.806. The normalized spacial score (nSPS) is 15.4. The van der Waals surface area contributed by atoms with Gasteiger partial charge in [-0.25, -0.2) is 8.42 Å². The van der Waals surface area contributed by atoms with Crippen LogP contribution in [0.2, 0.25) is 10.0 Å². The van der Waals surface area contributed by atoms with Crippen LogP contribution in [0.4, 0.5) is 0 Å². The van der Waals surface area contributed by atoms with E-state index in [9.17, 15) is 13.2 Å². The van der Waals surface area contributed by atoms with Gasteiger partial charge in [-0.3, -0.25) is 4.79 Å². The molecular formula is C18H15Cl2N3O3S. The van der Waals surface area contributed by atoms with Crippen LogP contribution < -0.4 is 0 Å². The van der Waals surface area contributed by atoms with Crippen molar-refractivity contribution in [1.29, 1.82) is 5.26 Å². The van der Waals surface area contributed by atoms with Crippen LogP contribution in [0.3, 0.4) is 0 Å². The predicted octanol–water partition coefficient (Wildman–Crippen LogP) is 3.01. The second kappa shape index (κ2) is 7.87. The van der Waals surface area contributed by atoms with Gasteiger partial charge in [0.2, 0.25) is 10.0 Å². The smallest absolute Gasteiger partial charge is 0.253 e. The van der Waals surface area contributed by atoms with E-state index < -0.39 is 10.0 Å². The molecule has 27 heavy (non-hydrogen) atoms. The van der Waals surface area contributed by atoms with E-state index in [1.54, 1.807) is 23.1 Å². The van der Waals surface area contributed by atoms with E-state index in [0.717, 1.165) is 0 Å². The third-order valence-corrected chi connectivity index (χ3v) is 6.89. The average Bonchev–Trinajstić information content (AvgIpc) is 2.69. The average molecular weight is 424 g/mol. The SMILES string of the molecule is N#Cc1cccc(C(=O)N2CCN(S(=O)(=O)c3cc(Cl)ccc3Cl)CC2)c1. The molecule has 0 spiro atoms. The van der Waals surface area contributed by atoms with Crippen LogP contribution in [0.1, 0.15) is 15.9 Å². The summed E-state index contributed by atoms with van der Waals surface area (Å²) in [6.45, 7) is 0.782. The minimum absolute atomic E-state index is 0.0434. The van der Waals surface area contributed by atoms with E-state index in [1.165, 1.54) is 28.6 Å². The topological polar surface area (TPSA) is 81.5 Å². The number of benzene rings is 2. The van der Waals surface area contributed by atoms with Crippen molar-refractivity contribution < 1.29 is 13.2 Å². The largest absolute Gasteiger partial charge is 0.336 e. The molecule has 0 aliphatic carbocycles. The van der Waals surface area contributed by atoms with E-state index in [-0.39, 0.29) is 47.0 Å². The van der Waals surface area contributed by atoms with Gasteiger partial charge in [-0.2, -0.15) is 9.57 Å². The molecule has 1 fully saturated rings. The number of carbonyl (C=O) groups is 1. The molecule has 2 aromatic rings. The Bertz CT molecular complexity index is 1030. The van der Waals surface area contributed by atoms with Gasteiger partial charge in [0.1, 0.15) is 4.90 Å². The van der Waals surface area contributed by atoms with Crippen molar-refractivity contribution in [2.24, 2.45) is 0 Å². The van der Waals surface area contributed by atoms with Crippen molar-refractivity contribution >= 4 is 39.1 Å². The van der Waals surface area contributed by atoms with Gasteiger partial charge in [-0.15, -0.1) is 0 Å². The lowest BCUT2D eigenvalue weighted by atomic mass is 10.1. The predicted molar refractivity (Wildman–Crippen MR) is 102 cm³/mol. The maximum atomic E-state index is 12.8. The van der Waals surface area contributed by atoms with Gasteiger partial charge in [0.25, 0.3) is 5.91 Å². The molecule has 0 unspecified atom stereocenters. The highest BCUT2D eigenvalue weighted by molar-refractivity contribution is 7.89. The highest BCUT2D eigenvalue weighted by atomic mass is 35.5. The zero-order chi connectivity index (χ0) is 19.6. The Balaban J connectivity index is 1.74. The summed E-state index contributed by atoms with van der Waals surface area (Å²) in [5.74, 6) is -0.232. The fourth-order valence-corrected chi connectivity index (χ4v) is 5.01. The molecule has 0 aromatic heterocycles. The van der Waals surface area contributed by atoms with Crippen LogP contribution in [0.25, 0.3) is 0 Å². The maximum Gasteiger partial charge on any atom is 0.253 e. The molecule has 2 aromatic carbocycles. The molecule has 0 N–H and O–H groups in total. The Morgan fingerprint density at radius 2 is 1.74 bits per heavy atom. The zero-order valence-corrected chi connectivity index (χ0v) is 16.4. The first-order valence-electron chi connectivity index (χ1n) is 8.07. The van der Waals surface area contributed by atoms with Gasteiger partial charge in [-0.1, -0.05) is 29.3 Å². The molecule has 140 valence electrons. The highest BCUT2D eigenvalue weighted by Crippen LogP contribution is 2.28. The number of hydrogen-bond acceptors (Lipinski definition) is 4. The van der Waals surface area contributed by atoms with Gasteiger partial charge in [0.15, 0.2) is 0 Å². The van der Waals surface area contributed by atoms with Crippen molar-refractivity contribution in [3.8, 4) is 6.07 Å². The van der Waals surface area contributed by atoms with Crippen molar-refractivity contribution in [2.75, 3.05) is 26.2 Å². The van der Waals surface area contributed by atoms with Gasteiger partial charge in [0, 0.05) is 36.8 Å². The lowest BCUT2D eigenvalue weighted by Gasteiger charge is -2.34. The molecule has 1 amide bonds. The minimum atomic E-state index is -3.80. The molecule has 1 saturated heterocycles. The number of nitrogens with zero attached hydrogens (tertiary/aromatic N) is 3. The highest BCUT2D eigenvalue weighted by Gasteiger charge is 2.32. The van der Waals surface area contributed by atoms with Crippen molar-refractivity contribution in [1.82, 2.24) is 9.21 Å². The molecule has 0 saturated carbocycles. The van der Waals surface area contributed by atoms with E-state index >= 15 is 0 Å². The molecule has 1 heterocycles. The summed E-state index contributed by atoms with van der Waals surface area (Å²) >= 11 is 11.9. The Kier molecular flexibility index (Phi) is 5.72. The first kappa shape index (κ1) is 19.6. The zero-order valence-electron chi connectivity index (χ0n) is 14.1. The number of rotatable bonds is 3. The number of sulfonamides is 1. The van der Waals surface area contributed by atoms with Crippen LogP contribution in [0.5, 0.6) is 0 Å². The molecule has 3 rings (SSSR count). The van der Waals surface area contributed by atoms with Crippen LogP contribution >= 0.6 is 23.2 Å². The Hall–Kier alpha value is -2.11.